The number of benzene rings is 3. The summed E-state index contributed by atoms with van der Waals surface area (Å²) in [5, 5.41) is 3.00. The van der Waals surface area contributed by atoms with E-state index in [1.807, 2.05) is 48.5 Å². The third-order valence-corrected chi connectivity index (χ3v) is 6.63. The Morgan fingerprint density at radius 1 is 1.00 bits per heavy atom. The first-order valence-corrected chi connectivity index (χ1v) is 11.6. The first kappa shape index (κ1) is 22.4. The Labute approximate surface area is 191 Å². The van der Waals surface area contributed by atoms with E-state index in [2.05, 4.69) is 9.71 Å². The first-order chi connectivity index (χ1) is 15.9. The van der Waals surface area contributed by atoms with Crippen LogP contribution in [0.4, 0.5) is 0 Å². The lowest BCUT2D eigenvalue weighted by Gasteiger charge is -2.10. The van der Waals surface area contributed by atoms with Crippen molar-refractivity contribution in [3.05, 3.63) is 84.1 Å². The smallest absolute Gasteiger partial charge is 0.331 e. The maximum atomic E-state index is 12.4. The number of esters is 1. The minimum atomic E-state index is -3.72. The number of rotatable bonds is 7. The van der Waals surface area contributed by atoms with Crippen molar-refractivity contribution in [3.63, 3.8) is 0 Å². The number of carbonyl (C=O) groups is 1. The van der Waals surface area contributed by atoms with Crippen molar-refractivity contribution in [2.45, 2.75) is 11.5 Å². The average molecular weight is 463 g/mol. The van der Waals surface area contributed by atoms with Gasteiger partial charge >= 0.3 is 5.97 Å². The fraction of sp³-hybridized carbons (Fsp3) is 0.120. The van der Waals surface area contributed by atoms with Gasteiger partial charge < -0.3 is 9.47 Å². The van der Waals surface area contributed by atoms with E-state index in [0.29, 0.717) is 11.3 Å². The molecule has 4 aromatic rings. The SMILES string of the molecule is CNS(=O)(=O)c1cc(C=CC(=O)OCc2nc3ccccc3c3ccccc23)ccc1OC. The van der Waals surface area contributed by atoms with E-state index in [-0.39, 0.29) is 17.3 Å². The molecule has 1 N–H and O–H groups in total. The van der Waals surface area contributed by atoms with E-state index >= 15 is 0 Å². The van der Waals surface area contributed by atoms with Crippen molar-refractivity contribution in [2.75, 3.05) is 14.2 Å². The monoisotopic (exact) mass is 462 g/mol. The van der Waals surface area contributed by atoms with Crippen molar-refractivity contribution in [1.82, 2.24) is 9.71 Å². The van der Waals surface area contributed by atoms with Crippen LogP contribution in [-0.4, -0.2) is 33.5 Å². The molecular formula is C25H22N2O5S. The van der Waals surface area contributed by atoms with Gasteiger partial charge in [0.05, 0.1) is 18.3 Å². The zero-order valence-electron chi connectivity index (χ0n) is 18.1. The summed E-state index contributed by atoms with van der Waals surface area (Å²) >= 11 is 0. The first-order valence-electron chi connectivity index (χ1n) is 10.2. The number of nitrogens with one attached hydrogen (secondary N) is 1. The largest absolute Gasteiger partial charge is 0.495 e. The summed E-state index contributed by atoms with van der Waals surface area (Å²) in [5.41, 5.74) is 2.00. The summed E-state index contributed by atoms with van der Waals surface area (Å²) in [7, 11) is -1.01. The van der Waals surface area contributed by atoms with Crippen LogP contribution in [0.15, 0.2) is 77.7 Å². The molecule has 1 aromatic heterocycles. The number of hydrogen-bond donors (Lipinski definition) is 1. The quantitative estimate of drug-likeness (QED) is 0.253. The Balaban J connectivity index is 1.55. The molecule has 0 aliphatic carbocycles. The zero-order chi connectivity index (χ0) is 23.4. The summed E-state index contributed by atoms with van der Waals surface area (Å²) in [5.74, 6) is -0.360. The molecule has 33 heavy (non-hydrogen) atoms. The van der Waals surface area contributed by atoms with Gasteiger partial charge in [-0.05, 0) is 42.3 Å². The highest BCUT2D eigenvalue weighted by Crippen LogP contribution is 2.27. The third-order valence-electron chi connectivity index (χ3n) is 5.20. The fourth-order valence-corrected chi connectivity index (χ4v) is 4.48. The number of sulfonamides is 1. The summed E-state index contributed by atoms with van der Waals surface area (Å²) in [6.07, 6.45) is 2.74. The molecule has 8 heteroatoms. The summed E-state index contributed by atoms with van der Waals surface area (Å²) in [4.78, 5) is 17.0. The molecular weight excluding hydrogens is 440 g/mol. The van der Waals surface area contributed by atoms with Crippen molar-refractivity contribution in [3.8, 4) is 5.75 Å². The number of carbonyl (C=O) groups excluding carboxylic acids is 1. The molecule has 3 aromatic carbocycles. The molecule has 0 saturated carbocycles. The van der Waals surface area contributed by atoms with Crippen molar-refractivity contribution < 1.29 is 22.7 Å². The Hall–Kier alpha value is -3.75. The van der Waals surface area contributed by atoms with Gasteiger partial charge in [0.2, 0.25) is 10.0 Å². The number of hydrogen-bond acceptors (Lipinski definition) is 6. The van der Waals surface area contributed by atoms with Crippen LogP contribution >= 0.6 is 0 Å². The van der Waals surface area contributed by atoms with Crippen LogP contribution < -0.4 is 9.46 Å². The van der Waals surface area contributed by atoms with E-state index in [0.717, 1.165) is 21.7 Å². The molecule has 0 atom stereocenters. The molecule has 168 valence electrons. The van der Waals surface area contributed by atoms with E-state index in [1.165, 1.54) is 38.4 Å². The molecule has 0 bridgehead atoms. The Bertz CT molecular complexity index is 1480. The maximum Gasteiger partial charge on any atom is 0.331 e. The van der Waals surface area contributed by atoms with Gasteiger partial charge in [-0.15, -0.1) is 0 Å². The molecule has 0 saturated heterocycles. The van der Waals surface area contributed by atoms with Gasteiger partial charge in [-0.2, -0.15) is 0 Å². The minimum absolute atomic E-state index is 0.0104. The lowest BCUT2D eigenvalue weighted by Crippen LogP contribution is -2.19. The summed E-state index contributed by atoms with van der Waals surface area (Å²) < 4.78 is 37.2. The number of para-hydroxylation sites is 1. The van der Waals surface area contributed by atoms with Crippen LogP contribution in [0, 0.1) is 0 Å². The highest BCUT2D eigenvalue weighted by Gasteiger charge is 2.17. The highest BCUT2D eigenvalue weighted by molar-refractivity contribution is 7.89. The van der Waals surface area contributed by atoms with Crippen LogP contribution in [0.3, 0.4) is 0 Å². The Morgan fingerprint density at radius 3 is 2.42 bits per heavy atom. The minimum Gasteiger partial charge on any atom is -0.495 e. The van der Waals surface area contributed by atoms with Crippen LogP contribution in [0.1, 0.15) is 11.3 Å². The normalized spacial score (nSPS) is 11.8. The van der Waals surface area contributed by atoms with E-state index in [1.54, 1.807) is 6.07 Å². The average Bonchev–Trinajstić information content (AvgIpc) is 2.85. The molecule has 0 aliphatic heterocycles. The molecule has 0 spiro atoms. The van der Waals surface area contributed by atoms with E-state index < -0.39 is 16.0 Å². The molecule has 7 nitrogen and oxygen atoms in total. The molecule has 1 heterocycles. The van der Waals surface area contributed by atoms with Crippen molar-refractivity contribution in [1.29, 1.82) is 0 Å². The molecule has 0 fully saturated rings. The Kier molecular flexibility index (Phi) is 6.39. The van der Waals surface area contributed by atoms with Gasteiger partial charge in [-0.25, -0.2) is 22.9 Å². The van der Waals surface area contributed by atoms with E-state index in [4.69, 9.17) is 9.47 Å². The van der Waals surface area contributed by atoms with Crippen molar-refractivity contribution >= 4 is 43.7 Å². The number of methoxy groups -OCH3 is 1. The second kappa shape index (κ2) is 9.40. The van der Waals surface area contributed by atoms with E-state index in [9.17, 15) is 13.2 Å². The lowest BCUT2D eigenvalue weighted by molar-refractivity contribution is -0.138. The number of ether oxygens (including phenoxy) is 2. The second-order valence-corrected chi connectivity index (χ2v) is 9.04. The molecule has 4 rings (SSSR count). The fourth-order valence-electron chi connectivity index (χ4n) is 3.55. The number of nitrogens with zero attached hydrogens (tertiary/aromatic N) is 1. The zero-order valence-corrected chi connectivity index (χ0v) is 18.9. The summed E-state index contributed by atoms with van der Waals surface area (Å²) in [6.45, 7) is 0.0104. The van der Waals surface area contributed by atoms with Crippen LogP contribution in [-0.2, 0) is 26.2 Å². The molecule has 0 aliphatic rings. The lowest BCUT2D eigenvalue weighted by atomic mass is 10.0. The molecule has 0 radical (unpaired) electrons. The topological polar surface area (TPSA) is 94.6 Å². The summed E-state index contributed by atoms with van der Waals surface area (Å²) in [6, 6.07) is 20.3. The van der Waals surface area contributed by atoms with Gasteiger partial charge in [-0.3, -0.25) is 0 Å². The maximum absolute atomic E-state index is 12.4. The van der Waals surface area contributed by atoms with Gasteiger partial charge in [0, 0.05) is 16.8 Å². The number of fused-ring (bicyclic) bond motifs is 3. The number of pyridine rings is 1. The molecule has 0 amide bonds. The highest BCUT2D eigenvalue weighted by atomic mass is 32.2. The second-order valence-electron chi connectivity index (χ2n) is 7.18. The van der Waals surface area contributed by atoms with Gasteiger partial charge in [0.15, 0.2) is 0 Å². The molecule has 0 unspecified atom stereocenters. The standard InChI is InChI=1S/C25H22N2O5S/c1-26-33(29,30)24-15-17(11-13-23(24)31-2)12-14-25(28)32-16-22-20-9-4-3-7-18(20)19-8-5-6-10-21(19)27-22/h3-15,26H,16H2,1-2H3. The number of aromatic nitrogens is 1. The van der Waals surface area contributed by atoms with Crippen LogP contribution in [0.5, 0.6) is 5.75 Å². The van der Waals surface area contributed by atoms with Crippen LogP contribution in [0.2, 0.25) is 0 Å². The van der Waals surface area contributed by atoms with Crippen molar-refractivity contribution in [2.24, 2.45) is 0 Å². The Morgan fingerprint density at radius 2 is 1.70 bits per heavy atom. The van der Waals surface area contributed by atoms with Crippen LogP contribution in [0.25, 0.3) is 27.8 Å². The van der Waals surface area contributed by atoms with Gasteiger partial charge in [0.1, 0.15) is 17.3 Å². The predicted molar refractivity (Wildman–Crippen MR) is 127 cm³/mol. The predicted octanol–water partition coefficient (Wildman–Crippen LogP) is 4.06. The third kappa shape index (κ3) is 4.72. The van der Waals surface area contributed by atoms with Gasteiger partial charge in [-0.1, -0.05) is 48.5 Å². The van der Waals surface area contributed by atoms with Gasteiger partial charge in [0.25, 0.3) is 0 Å².